The van der Waals surface area contributed by atoms with E-state index in [9.17, 15) is 22.8 Å². The molecule has 3 rings (SSSR count). The molecule has 0 saturated heterocycles. The number of nitrogens with zero attached hydrogens (tertiary/aromatic N) is 1. The third-order valence-corrected chi connectivity index (χ3v) is 6.09. The first-order chi connectivity index (χ1) is 14.2. The number of pyridine rings is 1. The summed E-state index contributed by atoms with van der Waals surface area (Å²) in [7, 11) is 0. The summed E-state index contributed by atoms with van der Waals surface area (Å²) in [6.07, 6.45) is 1.82. The van der Waals surface area contributed by atoms with Crippen molar-refractivity contribution in [3.63, 3.8) is 0 Å². The van der Waals surface area contributed by atoms with Crippen LogP contribution in [0, 0.1) is 23.6 Å². The van der Waals surface area contributed by atoms with Crippen molar-refractivity contribution < 1.29 is 18.0 Å². The number of aromatic nitrogens is 1. The summed E-state index contributed by atoms with van der Waals surface area (Å²) in [6, 6.07) is 2.53. The van der Waals surface area contributed by atoms with E-state index in [-0.39, 0.29) is 22.5 Å². The van der Waals surface area contributed by atoms with Crippen LogP contribution in [0.1, 0.15) is 40.9 Å². The molecule has 30 heavy (non-hydrogen) atoms. The predicted molar refractivity (Wildman–Crippen MR) is 111 cm³/mol. The van der Waals surface area contributed by atoms with E-state index in [4.69, 9.17) is 17.3 Å². The van der Waals surface area contributed by atoms with E-state index >= 15 is 0 Å². The first kappa shape index (κ1) is 22.4. The lowest BCUT2D eigenvalue weighted by molar-refractivity contribution is 0.103. The van der Waals surface area contributed by atoms with Gasteiger partial charge in [-0.05, 0) is 31.7 Å². The Morgan fingerprint density at radius 1 is 1.33 bits per heavy atom. The van der Waals surface area contributed by atoms with Gasteiger partial charge >= 0.3 is 0 Å². The summed E-state index contributed by atoms with van der Waals surface area (Å²) in [4.78, 5) is 24.3. The number of nitrogens with two attached hydrogens (primary N) is 1. The average Bonchev–Trinajstić information content (AvgIpc) is 3.06. The molecule has 10 heteroatoms. The zero-order valence-electron chi connectivity index (χ0n) is 15.8. The molecule has 2 aromatic rings. The molecule has 1 aliphatic rings. The van der Waals surface area contributed by atoms with Crippen molar-refractivity contribution in [2.24, 2.45) is 11.7 Å². The largest absolute Gasteiger partial charge is 0.328 e. The van der Waals surface area contributed by atoms with E-state index in [0.29, 0.717) is 14.5 Å². The number of nitrogens with one attached hydrogen (secondary N) is 1. The van der Waals surface area contributed by atoms with Gasteiger partial charge in [0.15, 0.2) is 5.82 Å². The van der Waals surface area contributed by atoms with Gasteiger partial charge in [0.05, 0.1) is 22.7 Å². The Hall–Kier alpha value is -2.28. The Bertz CT molecular complexity index is 1050. The number of thiophene rings is 1. The maximum atomic E-state index is 13.7. The molecule has 0 unspecified atom stereocenters. The van der Waals surface area contributed by atoms with Crippen molar-refractivity contribution in [1.29, 1.82) is 0 Å². The van der Waals surface area contributed by atoms with Crippen molar-refractivity contribution in [2.75, 3.05) is 5.32 Å². The van der Waals surface area contributed by atoms with Crippen LogP contribution in [0.2, 0.25) is 4.34 Å². The third-order valence-electron chi connectivity index (χ3n) is 4.73. The first-order valence-electron chi connectivity index (χ1n) is 9.29. The van der Waals surface area contributed by atoms with E-state index < -0.39 is 30.3 Å². The molecule has 0 aliphatic heterocycles. The molecular formula is C20H19ClF3N3O2S. The Kier molecular flexibility index (Phi) is 7.23. The summed E-state index contributed by atoms with van der Waals surface area (Å²) in [6.45, 7) is -0.976. The lowest BCUT2D eigenvalue weighted by Crippen LogP contribution is -2.26. The second kappa shape index (κ2) is 9.69. The summed E-state index contributed by atoms with van der Waals surface area (Å²) in [5, 5.41) is 2.40. The number of hydrogen-bond acceptors (Lipinski definition) is 4. The Morgan fingerprint density at radius 3 is 2.70 bits per heavy atom. The Balaban J connectivity index is 1.73. The quantitative estimate of drug-likeness (QED) is 0.679. The molecule has 3 N–H and O–H groups in total. The monoisotopic (exact) mass is 457 g/mol. The fraction of sp³-hybridized carbons (Fsp3) is 0.400. The predicted octanol–water partition coefficient (Wildman–Crippen LogP) is 4.09. The molecule has 1 saturated carbocycles. The van der Waals surface area contributed by atoms with Crippen LogP contribution in [-0.4, -0.2) is 22.9 Å². The highest BCUT2D eigenvalue weighted by Crippen LogP contribution is 2.28. The lowest BCUT2D eigenvalue weighted by Gasteiger charge is -2.21. The van der Waals surface area contributed by atoms with E-state index in [0.717, 1.165) is 49.3 Å². The van der Waals surface area contributed by atoms with Crippen LogP contribution < -0.4 is 16.6 Å². The van der Waals surface area contributed by atoms with Gasteiger partial charge < -0.3 is 15.6 Å². The molecule has 1 fully saturated rings. The van der Waals surface area contributed by atoms with Gasteiger partial charge in [-0.1, -0.05) is 23.4 Å². The van der Waals surface area contributed by atoms with Crippen LogP contribution in [0.3, 0.4) is 0 Å². The van der Waals surface area contributed by atoms with Gasteiger partial charge in [0, 0.05) is 24.2 Å². The second-order valence-corrected chi connectivity index (χ2v) is 8.71. The van der Waals surface area contributed by atoms with Gasteiger partial charge in [-0.25, -0.2) is 13.2 Å². The molecule has 2 heterocycles. The van der Waals surface area contributed by atoms with Crippen molar-refractivity contribution in [1.82, 2.24) is 4.57 Å². The molecule has 0 aromatic carbocycles. The second-order valence-electron chi connectivity index (χ2n) is 7.06. The number of amides is 1. The van der Waals surface area contributed by atoms with Gasteiger partial charge in [0.1, 0.15) is 4.34 Å². The minimum Gasteiger partial charge on any atom is -0.328 e. The third kappa shape index (κ3) is 5.65. The van der Waals surface area contributed by atoms with E-state index in [2.05, 4.69) is 17.2 Å². The highest BCUT2D eigenvalue weighted by molar-refractivity contribution is 7.18. The van der Waals surface area contributed by atoms with Crippen LogP contribution in [-0.2, 0) is 6.54 Å². The summed E-state index contributed by atoms with van der Waals surface area (Å²) < 4.78 is 39.7. The van der Waals surface area contributed by atoms with Crippen LogP contribution >= 0.6 is 22.9 Å². The molecule has 1 amide bonds. The van der Waals surface area contributed by atoms with Crippen LogP contribution in [0.15, 0.2) is 23.1 Å². The molecule has 5 nitrogen and oxygen atoms in total. The molecule has 0 spiro atoms. The number of hydrogen-bond donors (Lipinski definition) is 2. The molecule has 0 radical (unpaired) electrons. The Labute approximate surface area is 180 Å². The van der Waals surface area contributed by atoms with Crippen molar-refractivity contribution in [3.05, 3.63) is 49.3 Å². The van der Waals surface area contributed by atoms with Crippen molar-refractivity contribution in [2.45, 2.75) is 44.7 Å². The summed E-state index contributed by atoms with van der Waals surface area (Å²) in [5.41, 5.74) is 5.09. The van der Waals surface area contributed by atoms with Gasteiger partial charge in [0.25, 0.3) is 17.9 Å². The van der Waals surface area contributed by atoms with Crippen LogP contribution in [0.4, 0.5) is 18.9 Å². The summed E-state index contributed by atoms with van der Waals surface area (Å²) >= 11 is 7.19. The lowest BCUT2D eigenvalue weighted by atomic mass is 9.87. The molecule has 2 aromatic heterocycles. The van der Waals surface area contributed by atoms with Crippen LogP contribution in [0.5, 0.6) is 0 Å². The normalized spacial score (nSPS) is 18.7. The number of halogens is 4. The fourth-order valence-electron chi connectivity index (χ4n) is 3.15. The van der Waals surface area contributed by atoms with E-state index in [1.165, 1.54) is 6.07 Å². The van der Waals surface area contributed by atoms with Gasteiger partial charge in [-0.2, -0.15) is 0 Å². The van der Waals surface area contributed by atoms with Crippen molar-refractivity contribution >= 4 is 34.5 Å². The van der Waals surface area contributed by atoms with E-state index in [1.807, 2.05) is 0 Å². The highest BCUT2D eigenvalue weighted by Gasteiger charge is 2.18. The maximum Gasteiger partial charge on any atom is 0.286 e. The summed E-state index contributed by atoms with van der Waals surface area (Å²) in [5.74, 6) is 4.55. The number of carbonyl (C=O) groups excluding carboxylic acids is 1. The molecule has 1 aliphatic carbocycles. The van der Waals surface area contributed by atoms with Crippen molar-refractivity contribution in [3.8, 4) is 11.8 Å². The minimum atomic E-state index is -2.84. The average molecular weight is 458 g/mol. The molecular weight excluding hydrogens is 439 g/mol. The SMILES string of the molecule is NC1CCC(C#Cc2cc(C(=O)Nc3cc(F)c(=O)n(CC(F)F)c3)sc2Cl)CC1. The first-order valence-corrected chi connectivity index (χ1v) is 10.5. The minimum absolute atomic E-state index is 0.117. The number of carbonyl (C=O) groups is 1. The zero-order chi connectivity index (χ0) is 21.8. The van der Waals surface area contributed by atoms with Gasteiger partial charge in [-0.3, -0.25) is 9.59 Å². The van der Waals surface area contributed by atoms with Gasteiger partial charge in [-0.15, -0.1) is 11.3 Å². The molecule has 0 atom stereocenters. The molecule has 160 valence electrons. The maximum absolute atomic E-state index is 13.7. The number of alkyl halides is 2. The highest BCUT2D eigenvalue weighted by atomic mass is 35.5. The van der Waals surface area contributed by atoms with E-state index in [1.54, 1.807) is 0 Å². The Morgan fingerprint density at radius 2 is 2.03 bits per heavy atom. The van der Waals surface area contributed by atoms with Gasteiger partial charge in [0.2, 0.25) is 0 Å². The zero-order valence-corrected chi connectivity index (χ0v) is 17.3. The van der Waals surface area contributed by atoms with Crippen LogP contribution in [0.25, 0.3) is 0 Å². The number of rotatable bonds is 4. The number of anilines is 1. The smallest absolute Gasteiger partial charge is 0.286 e. The fourth-order valence-corrected chi connectivity index (χ4v) is 4.24. The standard InChI is InChI=1S/C20H19ClF3N3O2S/c21-18-12(4-1-11-2-5-13(25)6-3-11)7-16(30-18)19(28)26-14-8-15(22)20(29)27(9-14)10-17(23)24/h7-9,11,13,17H,2-3,5-6,10,25H2,(H,26,28). The topological polar surface area (TPSA) is 77.1 Å². The molecule has 0 bridgehead atoms.